The van der Waals surface area contributed by atoms with Crippen LogP contribution in [0.2, 0.25) is 5.02 Å². The number of amides is 1. The summed E-state index contributed by atoms with van der Waals surface area (Å²) in [5.74, 6) is -0.386. The van der Waals surface area contributed by atoms with Crippen molar-refractivity contribution in [3.63, 3.8) is 0 Å². The largest absolute Gasteiger partial charge is 0.504 e. The van der Waals surface area contributed by atoms with Crippen molar-refractivity contribution in [3.05, 3.63) is 88.4 Å². The summed E-state index contributed by atoms with van der Waals surface area (Å²) in [4.78, 5) is 12.6. The highest BCUT2D eigenvalue weighted by Crippen LogP contribution is 2.25. The van der Waals surface area contributed by atoms with Crippen LogP contribution in [0.5, 0.6) is 11.5 Å². The van der Waals surface area contributed by atoms with Gasteiger partial charge in [-0.2, -0.15) is 9.41 Å². The van der Waals surface area contributed by atoms with Gasteiger partial charge in [0.15, 0.2) is 11.5 Å². The summed E-state index contributed by atoms with van der Waals surface area (Å²) in [6.07, 6.45) is 1.36. The summed E-state index contributed by atoms with van der Waals surface area (Å²) in [7, 11) is -2.58. The predicted molar refractivity (Wildman–Crippen MR) is 131 cm³/mol. The lowest BCUT2D eigenvalue weighted by atomic mass is 10.1. The van der Waals surface area contributed by atoms with Gasteiger partial charge >= 0.3 is 0 Å². The number of phenolic OH excluding ortho intramolecular Hbond substituents is 1. The van der Waals surface area contributed by atoms with Crippen molar-refractivity contribution in [2.45, 2.75) is 18.4 Å². The lowest BCUT2D eigenvalue weighted by molar-refractivity contribution is -0.121. The van der Waals surface area contributed by atoms with Gasteiger partial charge in [0.1, 0.15) is 0 Å². The second-order valence-electron chi connectivity index (χ2n) is 7.44. The van der Waals surface area contributed by atoms with Crippen LogP contribution in [0.1, 0.15) is 16.7 Å². The van der Waals surface area contributed by atoms with E-state index in [4.69, 9.17) is 16.3 Å². The Kier molecular flexibility index (Phi) is 8.27. The maximum absolute atomic E-state index is 13.3. The first-order valence-electron chi connectivity index (χ1n) is 10.2. The van der Waals surface area contributed by atoms with Crippen LogP contribution in [-0.4, -0.2) is 43.6 Å². The molecule has 3 aromatic rings. The van der Waals surface area contributed by atoms with Gasteiger partial charge in [0.25, 0.3) is 5.91 Å². The summed E-state index contributed by atoms with van der Waals surface area (Å²) >= 11 is 5.90. The number of sulfonamides is 1. The minimum Gasteiger partial charge on any atom is -0.504 e. The van der Waals surface area contributed by atoms with Crippen molar-refractivity contribution >= 4 is 33.7 Å². The number of rotatable bonds is 9. The highest BCUT2D eigenvalue weighted by Gasteiger charge is 2.27. The summed E-state index contributed by atoms with van der Waals surface area (Å²) < 4.78 is 32.7. The highest BCUT2D eigenvalue weighted by molar-refractivity contribution is 7.89. The topological polar surface area (TPSA) is 108 Å². The van der Waals surface area contributed by atoms with E-state index in [-0.39, 0.29) is 22.9 Å². The van der Waals surface area contributed by atoms with E-state index in [0.29, 0.717) is 10.6 Å². The van der Waals surface area contributed by atoms with Gasteiger partial charge in [-0.15, -0.1) is 0 Å². The molecule has 10 heteroatoms. The van der Waals surface area contributed by atoms with Crippen molar-refractivity contribution in [1.29, 1.82) is 0 Å². The van der Waals surface area contributed by atoms with Gasteiger partial charge in [0, 0.05) is 11.6 Å². The molecule has 0 heterocycles. The second-order valence-corrected chi connectivity index (χ2v) is 9.81. The summed E-state index contributed by atoms with van der Waals surface area (Å²) in [6, 6.07) is 17.7. The number of aromatic hydroxyl groups is 1. The Hall–Kier alpha value is -3.40. The minimum atomic E-state index is -3.99. The Morgan fingerprint density at radius 1 is 1.12 bits per heavy atom. The molecule has 0 aromatic heterocycles. The average molecular weight is 502 g/mol. The molecule has 1 amide bonds. The van der Waals surface area contributed by atoms with Crippen LogP contribution in [0.15, 0.2) is 76.7 Å². The summed E-state index contributed by atoms with van der Waals surface area (Å²) in [6.45, 7) is 1.48. The monoisotopic (exact) mass is 501 g/mol. The van der Waals surface area contributed by atoms with Crippen molar-refractivity contribution in [1.82, 2.24) is 9.73 Å². The molecule has 0 aliphatic carbocycles. The van der Waals surface area contributed by atoms with Crippen LogP contribution >= 0.6 is 11.6 Å². The third-order valence-corrected chi connectivity index (χ3v) is 6.92. The quantitative estimate of drug-likeness (QED) is 0.343. The van der Waals surface area contributed by atoms with Crippen molar-refractivity contribution < 1.29 is 23.1 Å². The molecule has 0 saturated carbocycles. The predicted octanol–water partition coefficient (Wildman–Crippen LogP) is 3.70. The molecule has 0 fully saturated rings. The first-order chi connectivity index (χ1) is 16.2. The number of carbonyl (C=O) groups excluding carboxylic acids is 1. The second kappa shape index (κ2) is 11.1. The first-order valence-corrected chi connectivity index (χ1v) is 12.0. The molecular formula is C24H24ClN3O5S. The Morgan fingerprint density at radius 3 is 2.44 bits per heavy atom. The zero-order chi connectivity index (χ0) is 24.7. The van der Waals surface area contributed by atoms with Crippen LogP contribution in [0.3, 0.4) is 0 Å². The SMILES string of the molecule is COc1cc(/C=N\NC(=O)CN(Cc2ccc(C)cc2)S(=O)(=O)c2ccc(Cl)cc2)ccc1O. The van der Waals surface area contributed by atoms with E-state index >= 15 is 0 Å². The number of hydrogen-bond acceptors (Lipinski definition) is 6. The molecule has 0 bridgehead atoms. The molecule has 2 N–H and O–H groups in total. The fourth-order valence-electron chi connectivity index (χ4n) is 3.03. The smallest absolute Gasteiger partial charge is 0.255 e. The van der Waals surface area contributed by atoms with E-state index in [0.717, 1.165) is 15.4 Å². The number of carbonyl (C=O) groups is 1. The van der Waals surface area contributed by atoms with Crippen LogP contribution in [0.25, 0.3) is 0 Å². The number of methoxy groups -OCH3 is 1. The van der Waals surface area contributed by atoms with Gasteiger partial charge in [-0.1, -0.05) is 41.4 Å². The van der Waals surface area contributed by atoms with Crippen molar-refractivity contribution in [2.75, 3.05) is 13.7 Å². The molecule has 3 aromatic carbocycles. The van der Waals surface area contributed by atoms with Gasteiger partial charge in [0.2, 0.25) is 10.0 Å². The lowest BCUT2D eigenvalue weighted by Crippen LogP contribution is -2.39. The average Bonchev–Trinajstić information content (AvgIpc) is 2.81. The van der Waals surface area contributed by atoms with Crippen molar-refractivity contribution in [2.24, 2.45) is 5.10 Å². The van der Waals surface area contributed by atoms with Crippen LogP contribution < -0.4 is 10.2 Å². The minimum absolute atomic E-state index is 0.00245. The zero-order valence-corrected chi connectivity index (χ0v) is 20.2. The van der Waals surface area contributed by atoms with Crippen LogP contribution in [-0.2, 0) is 21.4 Å². The standard InChI is InChI=1S/C24H24ClN3O5S/c1-17-3-5-18(6-4-17)15-28(34(31,32)21-10-8-20(25)9-11-21)16-24(30)27-26-14-19-7-12-22(29)23(13-19)33-2/h3-14,29H,15-16H2,1-2H3,(H,27,30)/b26-14-. The maximum Gasteiger partial charge on any atom is 0.255 e. The van der Waals surface area contributed by atoms with Crippen molar-refractivity contribution in [3.8, 4) is 11.5 Å². The van der Waals surface area contributed by atoms with Crippen LogP contribution in [0, 0.1) is 6.92 Å². The Bertz CT molecular complexity index is 1280. The molecule has 0 aliphatic rings. The third-order valence-electron chi connectivity index (χ3n) is 4.86. The van der Waals surface area contributed by atoms with E-state index in [1.165, 1.54) is 43.7 Å². The van der Waals surface area contributed by atoms with Gasteiger partial charge in [0.05, 0.1) is 24.8 Å². The first kappa shape index (κ1) is 25.2. The maximum atomic E-state index is 13.3. The summed E-state index contributed by atoms with van der Waals surface area (Å²) in [5, 5.41) is 13.9. The molecule has 0 spiro atoms. The van der Waals surface area contributed by atoms with E-state index in [1.807, 2.05) is 31.2 Å². The number of halogens is 1. The zero-order valence-electron chi connectivity index (χ0n) is 18.6. The molecule has 3 rings (SSSR count). The Morgan fingerprint density at radius 2 is 1.79 bits per heavy atom. The molecule has 0 aliphatic heterocycles. The number of phenols is 1. The molecule has 0 unspecified atom stereocenters. The van der Waals surface area contributed by atoms with Gasteiger partial charge in [-0.25, -0.2) is 13.8 Å². The Balaban J connectivity index is 1.78. The molecule has 0 radical (unpaired) electrons. The molecule has 0 saturated heterocycles. The molecule has 34 heavy (non-hydrogen) atoms. The number of aryl methyl sites for hydroxylation is 1. The lowest BCUT2D eigenvalue weighted by Gasteiger charge is -2.21. The van der Waals surface area contributed by atoms with E-state index < -0.39 is 22.5 Å². The fraction of sp³-hybridized carbons (Fsp3) is 0.167. The molecule has 178 valence electrons. The molecule has 0 atom stereocenters. The molecule has 8 nitrogen and oxygen atoms in total. The van der Waals surface area contributed by atoms with Gasteiger partial charge in [-0.3, -0.25) is 4.79 Å². The number of nitrogens with zero attached hydrogens (tertiary/aromatic N) is 2. The number of hydrogen-bond donors (Lipinski definition) is 2. The number of benzene rings is 3. The van der Waals surface area contributed by atoms with E-state index in [9.17, 15) is 18.3 Å². The van der Waals surface area contributed by atoms with E-state index in [1.54, 1.807) is 12.1 Å². The van der Waals surface area contributed by atoms with Crippen LogP contribution in [0.4, 0.5) is 0 Å². The number of hydrazone groups is 1. The third kappa shape index (κ3) is 6.57. The van der Waals surface area contributed by atoms with E-state index in [2.05, 4.69) is 10.5 Å². The number of ether oxygens (including phenoxy) is 1. The van der Waals surface area contributed by atoms with Gasteiger partial charge < -0.3 is 9.84 Å². The van der Waals surface area contributed by atoms with Gasteiger partial charge in [-0.05, 0) is 60.5 Å². The Labute approximate surface area is 203 Å². The summed E-state index contributed by atoms with van der Waals surface area (Å²) in [5.41, 5.74) is 4.68. The normalized spacial score (nSPS) is 11.6. The number of nitrogens with one attached hydrogen (secondary N) is 1. The molecular weight excluding hydrogens is 478 g/mol. The highest BCUT2D eigenvalue weighted by atomic mass is 35.5. The fourth-order valence-corrected chi connectivity index (χ4v) is 4.54.